The summed E-state index contributed by atoms with van der Waals surface area (Å²) in [5, 5.41) is 14.3. The standard InChI is InChI=1S/C19H28N4O2S/c1-12-3-4-14-15(9-12)26-19-17(14)18(20-10-13(2)24)21-16(22-19)11-23-5-7-25-8-6-23/h12-13,24H,3-11H2,1-2H3,(H,20,21,22)/t12-,13+/m1/s1. The number of anilines is 1. The van der Waals surface area contributed by atoms with Gasteiger partial charge in [0, 0.05) is 24.5 Å². The highest BCUT2D eigenvalue weighted by atomic mass is 32.1. The molecule has 2 N–H and O–H groups in total. The molecule has 2 aromatic rings. The zero-order valence-corrected chi connectivity index (χ0v) is 16.4. The highest BCUT2D eigenvalue weighted by molar-refractivity contribution is 7.19. The zero-order chi connectivity index (χ0) is 18.1. The molecule has 26 heavy (non-hydrogen) atoms. The Bertz CT molecular complexity index is 770. The molecule has 0 unspecified atom stereocenters. The lowest BCUT2D eigenvalue weighted by atomic mass is 9.89. The first-order valence-corrected chi connectivity index (χ1v) is 10.4. The predicted octanol–water partition coefficient (Wildman–Crippen LogP) is 2.44. The lowest BCUT2D eigenvalue weighted by Crippen LogP contribution is -2.36. The molecule has 1 aliphatic heterocycles. The first kappa shape index (κ1) is 18.1. The van der Waals surface area contributed by atoms with E-state index in [-0.39, 0.29) is 0 Å². The average molecular weight is 377 g/mol. The molecule has 2 aromatic heterocycles. The Hall–Kier alpha value is -1.28. The summed E-state index contributed by atoms with van der Waals surface area (Å²) < 4.78 is 5.44. The van der Waals surface area contributed by atoms with Crippen LogP contribution in [-0.4, -0.2) is 58.9 Å². The van der Waals surface area contributed by atoms with Crippen molar-refractivity contribution in [3.8, 4) is 0 Å². The molecule has 0 amide bonds. The van der Waals surface area contributed by atoms with Gasteiger partial charge in [-0.2, -0.15) is 0 Å². The third kappa shape index (κ3) is 3.86. The minimum Gasteiger partial charge on any atom is -0.392 e. The van der Waals surface area contributed by atoms with Crippen LogP contribution in [0, 0.1) is 5.92 Å². The molecule has 0 bridgehead atoms. The molecule has 0 aromatic carbocycles. The van der Waals surface area contributed by atoms with Crippen molar-refractivity contribution >= 4 is 27.4 Å². The molecule has 142 valence electrons. The second-order valence-corrected chi connectivity index (χ2v) is 8.72. The average Bonchev–Trinajstić information content (AvgIpc) is 2.97. The maximum atomic E-state index is 9.71. The van der Waals surface area contributed by atoms with Crippen LogP contribution in [0.3, 0.4) is 0 Å². The Morgan fingerprint density at radius 3 is 2.92 bits per heavy atom. The van der Waals surface area contributed by atoms with Gasteiger partial charge in [0.05, 0.1) is 31.2 Å². The van der Waals surface area contributed by atoms with Crippen LogP contribution in [0.5, 0.6) is 0 Å². The number of morpholine rings is 1. The zero-order valence-electron chi connectivity index (χ0n) is 15.6. The van der Waals surface area contributed by atoms with Gasteiger partial charge in [0.15, 0.2) is 0 Å². The van der Waals surface area contributed by atoms with Crippen LogP contribution in [0.1, 0.15) is 36.5 Å². The predicted molar refractivity (Wildman–Crippen MR) is 105 cm³/mol. The summed E-state index contributed by atoms with van der Waals surface area (Å²) in [5.74, 6) is 2.50. The number of aromatic nitrogens is 2. The minimum atomic E-state index is -0.405. The van der Waals surface area contributed by atoms with E-state index in [0.29, 0.717) is 6.54 Å². The number of nitrogens with zero attached hydrogens (tertiary/aromatic N) is 3. The van der Waals surface area contributed by atoms with Gasteiger partial charge in [0.1, 0.15) is 16.5 Å². The van der Waals surface area contributed by atoms with Crippen LogP contribution in [0.4, 0.5) is 5.82 Å². The van der Waals surface area contributed by atoms with E-state index in [1.54, 1.807) is 6.92 Å². The van der Waals surface area contributed by atoms with Crippen molar-refractivity contribution in [2.24, 2.45) is 5.92 Å². The number of thiophene rings is 1. The fourth-order valence-corrected chi connectivity index (χ4v) is 5.19. The number of rotatable bonds is 5. The van der Waals surface area contributed by atoms with Crippen LogP contribution in [0.15, 0.2) is 0 Å². The topological polar surface area (TPSA) is 70.5 Å². The Kier molecular flexibility index (Phi) is 5.40. The Balaban J connectivity index is 1.69. The normalized spacial score (nSPS) is 22.3. The van der Waals surface area contributed by atoms with Crippen molar-refractivity contribution in [2.45, 2.75) is 45.8 Å². The Morgan fingerprint density at radius 1 is 1.35 bits per heavy atom. The van der Waals surface area contributed by atoms with E-state index in [2.05, 4.69) is 17.1 Å². The van der Waals surface area contributed by atoms with Crippen molar-refractivity contribution in [2.75, 3.05) is 38.2 Å². The van der Waals surface area contributed by atoms with Gasteiger partial charge in [0.25, 0.3) is 0 Å². The first-order valence-electron chi connectivity index (χ1n) is 9.63. The number of fused-ring (bicyclic) bond motifs is 3. The third-order valence-corrected chi connectivity index (χ3v) is 6.38. The second kappa shape index (κ2) is 7.76. The van der Waals surface area contributed by atoms with E-state index in [9.17, 15) is 5.11 Å². The van der Waals surface area contributed by atoms with E-state index in [0.717, 1.165) is 68.1 Å². The number of aliphatic hydroxyl groups is 1. The van der Waals surface area contributed by atoms with Crippen molar-refractivity contribution < 1.29 is 9.84 Å². The second-order valence-electron chi connectivity index (χ2n) is 7.64. The van der Waals surface area contributed by atoms with Gasteiger partial charge < -0.3 is 15.2 Å². The molecule has 6 nitrogen and oxygen atoms in total. The van der Waals surface area contributed by atoms with E-state index in [1.807, 2.05) is 11.3 Å². The maximum absolute atomic E-state index is 9.71. The van der Waals surface area contributed by atoms with Gasteiger partial charge in [-0.15, -0.1) is 11.3 Å². The summed E-state index contributed by atoms with van der Waals surface area (Å²) in [7, 11) is 0. The maximum Gasteiger partial charge on any atom is 0.146 e. The molecular formula is C19H28N4O2S. The van der Waals surface area contributed by atoms with Gasteiger partial charge in [-0.25, -0.2) is 9.97 Å². The molecule has 2 aliphatic rings. The molecule has 4 rings (SSSR count). The smallest absolute Gasteiger partial charge is 0.146 e. The fourth-order valence-electron chi connectivity index (χ4n) is 3.79. The van der Waals surface area contributed by atoms with Gasteiger partial charge in [-0.1, -0.05) is 6.92 Å². The molecule has 0 radical (unpaired) electrons. The monoisotopic (exact) mass is 376 g/mol. The van der Waals surface area contributed by atoms with Crippen molar-refractivity contribution in [3.05, 3.63) is 16.3 Å². The Morgan fingerprint density at radius 2 is 2.15 bits per heavy atom. The summed E-state index contributed by atoms with van der Waals surface area (Å²) in [6.45, 7) is 8.79. The molecule has 0 spiro atoms. The van der Waals surface area contributed by atoms with Gasteiger partial charge in [0.2, 0.25) is 0 Å². The Labute approximate surface area is 158 Å². The molecule has 7 heteroatoms. The number of ether oxygens (including phenoxy) is 1. The van der Waals surface area contributed by atoms with E-state index >= 15 is 0 Å². The highest BCUT2D eigenvalue weighted by Crippen LogP contribution is 2.40. The third-order valence-electron chi connectivity index (χ3n) is 5.24. The quantitative estimate of drug-likeness (QED) is 0.835. The number of hydrogen-bond acceptors (Lipinski definition) is 7. The molecule has 3 heterocycles. The molecule has 1 fully saturated rings. The lowest BCUT2D eigenvalue weighted by molar-refractivity contribution is 0.0331. The summed E-state index contributed by atoms with van der Waals surface area (Å²) in [4.78, 5) is 14.7. The summed E-state index contributed by atoms with van der Waals surface area (Å²) in [5.41, 5.74) is 1.43. The number of nitrogens with one attached hydrogen (secondary N) is 1. The van der Waals surface area contributed by atoms with Crippen LogP contribution < -0.4 is 5.32 Å². The fraction of sp³-hybridized carbons (Fsp3) is 0.684. The SMILES string of the molecule is C[C@@H]1CCc2c(sc3nc(CN4CCOCC4)nc(NC[C@H](C)O)c23)C1. The van der Waals surface area contributed by atoms with Crippen LogP contribution in [0.25, 0.3) is 10.2 Å². The number of aliphatic hydroxyl groups excluding tert-OH is 1. The highest BCUT2D eigenvalue weighted by Gasteiger charge is 2.24. The summed E-state index contributed by atoms with van der Waals surface area (Å²) in [6, 6.07) is 0. The van der Waals surface area contributed by atoms with Crippen molar-refractivity contribution in [1.29, 1.82) is 0 Å². The largest absolute Gasteiger partial charge is 0.392 e. The minimum absolute atomic E-state index is 0.405. The lowest BCUT2D eigenvalue weighted by Gasteiger charge is -2.26. The molecule has 0 saturated carbocycles. The van der Waals surface area contributed by atoms with Crippen LogP contribution in [0.2, 0.25) is 0 Å². The van der Waals surface area contributed by atoms with Crippen LogP contribution >= 0.6 is 11.3 Å². The molecular weight excluding hydrogens is 348 g/mol. The summed E-state index contributed by atoms with van der Waals surface area (Å²) in [6.07, 6.45) is 3.07. The van der Waals surface area contributed by atoms with Crippen LogP contribution in [-0.2, 0) is 24.1 Å². The molecule has 1 saturated heterocycles. The van der Waals surface area contributed by atoms with Gasteiger partial charge >= 0.3 is 0 Å². The molecule has 2 atom stereocenters. The van der Waals surface area contributed by atoms with Crippen molar-refractivity contribution in [3.63, 3.8) is 0 Å². The van der Waals surface area contributed by atoms with Crippen molar-refractivity contribution in [1.82, 2.24) is 14.9 Å². The summed E-state index contributed by atoms with van der Waals surface area (Å²) >= 11 is 1.83. The van der Waals surface area contributed by atoms with E-state index < -0.39 is 6.10 Å². The number of hydrogen-bond donors (Lipinski definition) is 2. The van der Waals surface area contributed by atoms with Gasteiger partial charge in [-0.05, 0) is 37.7 Å². The first-order chi connectivity index (χ1) is 12.6. The number of aryl methyl sites for hydroxylation is 1. The van der Waals surface area contributed by atoms with E-state index in [4.69, 9.17) is 14.7 Å². The van der Waals surface area contributed by atoms with Gasteiger partial charge in [-0.3, -0.25) is 4.90 Å². The van der Waals surface area contributed by atoms with E-state index in [1.165, 1.54) is 22.2 Å². The molecule has 1 aliphatic carbocycles.